The summed E-state index contributed by atoms with van der Waals surface area (Å²) >= 11 is 6.09. The molecule has 0 aliphatic heterocycles. The maximum absolute atomic E-state index is 6.09. The largest absolute Gasteiger partial charge is 0.478 e. The number of pyridine rings is 1. The Bertz CT molecular complexity index is 517. The Hall–Kier alpha value is -1.74. The van der Waals surface area contributed by atoms with Gasteiger partial charge in [-0.2, -0.15) is 4.98 Å². The zero-order chi connectivity index (χ0) is 12.8. The first-order valence-corrected chi connectivity index (χ1v) is 6.24. The van der Waals surface area contributed by atoms with Gasteiger partial charge in [-0.3, -0.25) is 0 Å². The van der Waals surface area contributed by atoms with Crippen LogP contribution in [-0.2, 0) is 6.54 Å². The zero-order valence-electron chi connectivity index (χ0n) is 10.2. The van der Waals surface area contributed by atoms with E-state index in [4.69, 9.17) is 16.3 Å². The smallest absolute Gasteiger partial charge is 0.215 e. The first kappa shape index (κ1) is 12.7. The fourth-order valence-corrected chi connectivity index (χ4v) is 1.77. The fourth-order valence-electron chi connectivity index (χ4n) is 1.57. The topological polar surface area (TPSA) is 34.1 Å². The van der Waals surface area contributed by atoms with Gasteiger partial charge < -0.3 is 10.1 Å². The van der Waals surface area contributed by atoms with Crippen LogP contribution in [0.5, 0.6) is 5.88 Å². The van der Waals surface area contributed by atoms with Crippen LogP contribution < -0.4 is 10.1 Å². The monoisotopic (exact) mass is 262 g/mol. The van der Waals surface area contributed by atoms with Gasteiger partial charge in [0.1, 0.15) is 5.82 Å². The summed E-state index contributed by atoms with van der Waals surface area (Å²) < 4.78 is 5.35. The molecular formula is C14H15ClN2O. The van der Waals surface area contributed by atoms with Crippen LogP contribution in [0.1, 0.15) is 12.5 Å². The molecule has 0 bridgehead atoms. The van der Waals surface area contributed by atoms with Gasteiger partial charge in [0.2, 0.25) is 5.88 Å². The molecule has 1 N–H and O–H groups in total. The lowest BCUT2D eigenvalue weighted by molar-refractivity contribution is 0.327. The third-order valence-electron chi connectivity index (χ3n) is 2.43. The van der Waals surface area contributed by atoms with Crippen molar-refractivity contribution in [2.45, 2.75) is 13.5 Å². The van der Waals surface area contributed by atoms with E-state index in [-0.39, 0.29) is 0 Å². The molecule has 1 heterocycles. The van der Waals surface area contributed by atoms with Crippen molar-refractivity contribution in [3.8, 4) is 5.88 Å². The highest BCUT2D eigenvalue weighted by Crippen LogP contribution is 2.17. The van der Waals surface area contributed by atoms with E-state index >= 15 is 0 Å². The van der Waals surface area contributed by atoms with Crippen LogP contribution in [0.3, 0.4) is 0 Å². The Morgan fingerprint density at radius 3 is 2.78 bits per heavy atom. The van der Waals surface area contributed by atoms with Crippen molar-refractivity contribution < 1.29 is 4.74 Å². The van der Waals surface area contributed by atoms with Crippen molar-refractivity contribution in [2.24, 2.45) is 0 Å². The predicted octanol–water partition coefficient (Wildman–Crippen LogP) is 3.75. The minimum absolute atomic E-state index is 0.612. The van der Waals surface area contributed by atoms with Crippen molar-refractivity contribution >= 4 is 17.4 Å². The van der Waals surface area contributed by atoms with Crippen molar-refractivity contribution in [1.29, 1.82) is 0 Å². The fraction of sp³-hybridized carbons (Fsp3) is 0.214. The zero-order valence-corrected chi connectivity index (χ0v) is 10.9. The molecule has 0 radical (unpaired) electrons. The van der Waals surface area contributed by atoms with E-state index in [9.17, 15) is 0 Å². The molecule has 0 atom stereocenters. The van der Waals surface area contributed by atoms with E-state index in [1.165, 1.54) is 0 Å². The van der Waals surface area contributed by atoms with E-state index in [0.29, 0.717) is 19.0 Å². The average Bonchev–Trinajstić information content (AvgIpc) is 2.39. The van der Waals surface area contributed by atoms with Crippen LogP contribution in [0.15, 0.2) is 42.5 Å². The quantitative estimate of drug-likeness (QED) is 0.891. The second-order valence-corrected chi connectivity index (χ2v) is 4.15. The summed E-state index contributed by atoms with van der Waals surface area (Å²) in [5.41, 5.74) is 1.04. The number of anilines is 1. The summed E-state index contributed by atoms with van der Waals surface area (Å²) in [4.78, 5) is 4.33. The van der Waals surface area contributed by atoms with Gasteiger partial charge in [0, 0.05) is 17.6 Å². The van der Waals surface area contributed by atoms with Gasteiger partial charge in [-0.25, -0.2) is 0 Å². The van der Waals surface area contributed by atoms with Crippen LogP contribution in [-0.4, -0.2) is 11.6 Å². The summed E-state index contributed by atoms with van der Waals surface area (Å²) in [7, 11) is 0. The standard InChI is InChI=1S/C14H15ClN2O/c1-2-18-14-9-5-8-13(17-14)16-10-11-6-3-4-7-12(11)15/h3-9H,2,10H2,1H3,(H,16,17). The molecule has 1 aromatic carbocycles. The maximum atomic E-state index is 6.09. The molecule has 0 amide bonds. The SMILES string of the molecule is CCOc1cccc(NCc2ccccc2Cl)n1. The molecule has 0 saturated heterocycles. The Kier molecular flexibility index (Phi) is 4.42. The number of benzene rings is 1. The summed E-state index contributed by atoms with van der Waals surface area (Å²) in [6.07, 6.45) is 0. The predicted molar refractivity (Wildman–Crippen MR) is 74.2 cm³/mol. The van der Waals surface area contributed by atoms with Crippen LogP contribution in [0.2, 0.25) is 5.02 Å². The minimum atomic E-state index is 0.612. The van der Waals surface area contributed by atoms with Crippen LogP contribution >= 0.6 is 11.6 Å². The normalized spacial score (nSPS) is 10.1. The molecule has 0 aliphatic carbocycles. The van der Waals surface area contributed by atoms with Gasteiger partial charge in [0.25, 0.3) is 0 Å². The van der Waals surface area contributed by atoms with Crippen molar-refractivity contribution in [1.82, 2.24) is 4.98 Å². The minimum Gasteiger partial charge on any atom is -0.478 e. The molecule has 94 valence electrons. The van der Waals surface area contributed by atoms with E-state index in [1.807, 2.05) is 49.4 Å². The van der Waals surface area contributed by atoms with Gasteiger partial charge in [0.05, 0.1) is 6.61 Å². The van der Waals surface area contributed by atoms with Gasteiger partial charge in [0.15, 0.2) is 0 Å². The second-order valence-electron chi connectivity index (χ2n) is 3.74. The van der Waals surface area contributed by atoms with Crippen LogP contribution in [0, 0.1) is 0 Å². The lowest BCUT2D eigenvalue weighted by Gasteiger charge is -2.08. The number of hydrogen-bond acceptors (Lipinski definition) is 3. The number of aromatic nitrogens is 1. The molecule has 0 saturated carbocycles. The van der Waals surface area contributed by atoms with Gasteiger partial charge >= 0.3 is 0 Å². The molecular weight excluding hydrogens is 248 g/mol. The molecule has 2 rings (SSSR count). The van der Waals surface area contributed by atoms with Crippen molar-refractivity contribution in [2.75, 3.05) is 11.9 Å². The van der Waals surface area contributed by atoms with Gasteiger partial charge in [-0.05, 0) is 24.6 Å². The number of halogens is 1. The number of nitrogens with one attached hydrogen (secondary N) is 1. The number of nitrogens with zero attached hydrogens (tertiary/aromatic N) is 1. The number of hydrogen-bond donors (Lipinski definition) is 1. The number of rotatable bonds is 5. The lowest BCUT2D eigenvalue weighted by atomic mass is 10.2. The molecule has 1 aromatic heterocycles. The summed E-state index contributed by atoms with van der Waals surface area (Å²) in [5.74, 6) is 1.41. The summed E-state index contributed by atoms with van der Waals surface area (Å²) in [6, 6.07) is 13.4. The van der Waals surface area contributed by atoms with Gasteiger partial charge in [-0.1, -0.05) is 35.9 Å². The Morgan fingerprint density at radius 1 is 1.17 bits per heavy atom. The molecule has 0 aliphatic rings. The van der Waals surface area contributed by atoms with Crippen molar-refractivity contribution in [3.63, 3.8) is 0 Å². The maximum Gasteiger partial charge on any atom is 0.215 e. The Morgan fingerprint density at radius 2 is 2.00 bits per heavy atom. The van der Waals surface area contributed by atoms with Gasteiger partial charge in [-0.15, -0.1) is 0 Å². The Labute approximate surface area is 112 Å². The third kappa shape index (κ3) is 3.37. The van der Waals surface area contributed by atoms with Crippen LogP contribution in [0.25, 0.3) is 0 Å². The highest BCUT2D eigenvalue weighted by atomic mass is 35.5. The molecule has 18 heavy (non-hydrogen) atoms. The van der Waals surface area contributed by atoms with E-state index in [0.717, 1.165) is 16.4 Å². The third-order valence-corrected chi connectivity index (χ3v) is 2.80. The van der Waals surface area contributed by atoms with Crippen LogP contribution in [0.4, 0.5) is 5.82 Å². The summed E-state index contributed by atoms with van der Waals surface area (Å²) in [6.45, 7) is 3.19. The molecule has 2 aromatic rings. The highest BCUT2D eigenvalue weighted by molar-refractivity contribution is 6.31. The summed E-state index contributed by atoms with van der Waals surface area (Å²) in [5, 5.41) is 3.98. The molecule has 0 fully saturated rings. The first-order valence-electron chi connectivity index (χ1n) is 5.86. The second kappa shape index (κ2) is 6.26. The molecule has 3 nitrogen and oxygen atoms in total. The lowest BCUT2D eigenvalue weighted by Crippen LogP contribution is -2.03. The van der Waals surface area contributed by atoms with E-state index in [1.54, 1.807) is 0 Å². The average molecular weight is 263 g/mol. The number of ether oxygens (including phenoxy) is 1. The molecule has 0 unspecified atom stereocenters. The highest BCUT2D eigenvalue weighted by Gasteiger charge is 2.00. The Balaban J connectivity index is 2.02. The molecule has 4 heteroatoms. The molecule has 0 spiro atoms. The van der Waals surface area contributed by atoms with E-state index in [2.05, 4.69) is 10.3 Å². The van der Waals surface area contributed by atoms with Crippen molar-refractivity contribution in [3.05, 3.63) is 53.1 Å². The first-order chi connectivity index (χ1) is 8.79. The van der Waals surface area contributed by atoms with E-state index < -0.39 is 0 Å².